The zero-order valence-electron chi connectivity index (χ0n) is 17.5. The number of benzene rings is 2. The van der Waals surface area contributed by atoms with E-state index in [2.05, 4.69) is 9.82 Å². The standard InChI is InChI=1S/C22H21N5O4S/c1-25-19(13-20(28)26(2)22(25)29)24-32(30,31)18-15-27(14-16-9-5-3-6-10-16)23-21(18)17-11-7-4-8-12-17/h3-13,15,24H,14H2,1-2H3. The van der Waals surface area contributed by atoms with Crippen LogP contribution in [0.5, 0.6) is 0 Å². The summed E-state index contributed by atoms with van der Waals surface area (Å²) in [5.74, 6) is -0.132. The molecule has 0 spiro atoms. The number of hydrogen-bond acceptors (Lipinski definition) is 5. The van der Waals surface area contributed by atoms with Gasteiger partial charge >= 0.3 is 5.69 Å². The molecule has 1 N–H and O–H groups in total. The Labute approximate surface area is 184 Å². The SMILES string of the molecule is Cn1c(NS(=O)(=O)c2cn(Cc3ccccc3)nc2-c2ccccc2)cc(=O)n(C)c1=O. The van der Waals surface area contributed by atoms with Gasteiger partial charge in [0.1, 0.15) is 16.4 Å². The van der Waals surface area contributed by atoms with Crippen LogP contribution in [-0.4, -0.2) is 27.3 Å². The maximum Gasteiger partial charge on any atom is 0.332 e. The molecule has 0 aliphatic carbocycles. The Hall–Kier alpha value is -3.92. The third-order valence-electron chi connectivity index (χ3n) is 5.02. The van der Waals surface area contributed by atoms with Crippen LogP contribution in [-0.2, 0) is 30.7 Å². The number of nitrogens with one attached hydrogen (secondary N) is 1. The van der Waals surface area contributed by atoms with Gasteiger partial charge < -0.3 is 0 Å². The van der Waals surface area contributed by atoms with Crippen LogP contribution in [0.2, 0.25) is 0 Å². The van der Waals surface area contributed by atoms with Crippen molar-refractivity contribution in [1.29, 1.82) is 0 Å². The number of rotatable bonds is 6. The fourth-order valence-electron chi connectivity index (χ4n) is 3.27. The summed E-state index contributed by atoms with van der Waals surface area (Å²) in [5.41, 5.74) is 0.591. The van der Waals surface area contributed by atoms with Gasteiger partial charge in [-0.1, -0.05) is 60.7 Å². The Balaban J connectivity index is 1.81. The van der Waals surface area contributed by atoms with E-state index in [-0.39, 0.29) is 16.4 Å². The Morgan fingerprint density at radius 1 is 0.906 bits per heavy atom. The molecule has 10 heteroatoms. The fraction of sp³-hybridized carbons (Fsp3) is 0.136. The van der Waals surface area contributed by atoms with E-state index in [1.54, 1.807) is 28.9 Å². The Morgan fingerprint density at radius 2 is 1.53 bits per heavy atom. The van der Waals surface area contributed by atoms with Crippen molar-refractivity contribution in [2.75, 3.05) is 4.72 Å². The molecule has 2 aromatic carbocycles. The number of sulfonamides is 1. The van der Waals surface area contributed by atoms with Crippen molar-refractivity contribution in [2.45, 2.75) is 11.4 Å². The molecule has 0 atom stereocenters. The Morgan fingerprint density at radius 3 is 2.19 bits per heavy atom. The molecule has 0 aliphatic rings. The summed E-state index contributed by atoms with van der Waals surface area (Å²) >= 11 is 0. The second kappa shape index (κ2) is 8.31. The minimum atomic E-state index is -4.17. The lowest BCUT2D eigenvalue weighted by molar-refractivity contribution is 0.599. The number of nitrogens with zero attached hydrogens (tertiary/aromatic N) is 4. The van der Waals surface area contributed by atoms with Crippen LogP contribution in [0.4, 0.5) is 5.82 Å². The van der Waals surface area contributed by atoms with Crippen LogP contribution in [0.3, 0.4) is 0 Å². The predicted octanol–water partition coefficient (Wildman–Crippen LogP) is 1.80. The van der Waals surface area contributed by atoms with Crippen LogP contribution >= 0.6 is 0 Å². The van der Waals surface area contributed by atoms with Gasteiger partial charge in [-0.15, -0.1) is 0 Å². The highest BCUT2D eigenvalue weighted by Crippen LogP contribution is 2.27. The summed E-state index contributed by atoms with van der Waals surface area (Å²) < 4.78 is 32.5. The van der Waals surface area contributed by atoms with Crippen molar-refractivity contribution in [3.8, 4) is 11.3 Å². The minimum absolute atomic E-state index is 0.0623. The molecule has 4 rings (SSSR count). The predicted molar refractivity (Wildman–Crippen MR) is 121 cm³/mol. The largest absolute Gasteiger partial charge is 0.332 e. The van der Waals surface area contributed by atoms with Gasteiger partial charge in [0, 0.05) is 31.9 Å². The van der Waals surface area contributed by atoms with Gasteiger partial charge in [-0.2, -0.15) is 5.10 Å². The molecule has 0 unspecified atom stereocenters. The molecule has 32 heavy (non-hydrogen) atoms. The Bertz CT molecular complexity index is 1490. The summed E-state index contributed by atoms with van der Waals surface area (Å²) in [6, 6.07) is 19.5. The molecular weight excluding hydrogens is 430 g/mol. The van der Waals surface area contributed by atoms with Crippen LogP contribution in [0.25, 0.3) is 11.3 Å². The van der Waals surface area contributed by atoms with E-state index in [4.69, 9.17) is 0 Å². The van der Waals surface area contributed by atoms with Crippen molar-refractivity contribution in [3.63, 3.8) is 0 Å². The first kappa shape index (κ1) is 21.3. The van der Waals surface area contributed by atoms with Crippen LogP contribution in [0, 0.1) is 0 Å². The van der Waals surface area contributed by atoms with Gasteiger partial charge in [0.2, 0.25) is 0 Å². The monoisotopic (exact) mass is 451 g/mol. The molecule has 0 fully saturated rings. The minimum Gasteiger partial charge on any atom is -0.282 e. The maximum absolute atomic E-state index is 13.3. The van der Waals surface area contributed by atoms with Crippen molar-refractivity contribution in [2.24, 2.45) is 14.1 Å². The van der Waals surface area contributed by atoms with E-state index < -0.39 is 21.3 Å². The summed E-state index contributed by atoms with van der Waals surface area (Å²) in [7, 11) is -1.46. The second-order valence-corrected chi connectivity index (χ2v) is 8.92. The van der Waals surface area contributed by atoms with Gasteiger partial charge in [0.15, 0.2) is 0 Å². The summed E-state index contributed by atoms with van der Waals surface area (Å²) in [4.78, 5) is 24.2. The molecule has 0 radical (unpaired) electrons. The number of aromatic nitrogens is 4. The molecule has 4 aromatic rings. The van der Waals surface area contributed by atoms with Gasteiger partial charge in [-0.25, -0.2) is 13.2 Å². The summed E-state index contributed by atoms with van der Waals surface area (Å²) in [5, 5.41) is 4.52. The molecule has 2 aromatic heterocycles. The van der Waals surface area contributed by atoms with Gasteiger partial charge in [0.25, 0.3) is 15.6 Å². The van der Waals surface area contributed by atoms with E-state index in [0.29, 0.717) is 12.1 Å². The summed E-state index contributed by atoms with van der Waals surface area (Å²) in [6.45, 7) is 0.376. The number of hydrogen-bond donors (Lipinski definition) is 1. The van der Waals surface area contributed by atoms with Crippen molar-refractivity contribution in [3.05, 3.63) is 99.3 Å². The first-order valence-electron chi connectivity index (χ1n) is 9.73. The van der Waals surface area contributed by atoms with E-state index in [1.807, 2.05) is 36.4 Å². The highest BCUT2D eigenvalue weighted by Gasteiger charge is 2.25. The third-order valence-corrected chi connectivity index (χ3v) is 6.37. The average molecular weight is 452 g/mol. The smallest absolute Gasteiger partial charge is 0.282 e. The lowest BCUT2D eigenvalue weighted by Gasteiger charge is -2.12. The molecule has 0 amide bonds. The zero-order valence-corrected chi connectivity index (χ0v) is 18.3. The van der Waals surface area contributed by atoms with Crippen molar-refractivity contribution >= 4 is 15.8 Å². The first-order chi connectivity index (χ1) is 15.3. The van der Waals surface area contributed by atoms with E-state index in [9.17, 15) is 18.0 Å². The van der Waals surface area contributed by atoms with E-state index in [0.717, 1.165) is 20.8 Å². The normalized spacial score (nSPS) is 11.4. The highest BCUT2D eigenvalue weighted by molar-refractivity contribution is 7.92. The quantitative estimate of drug-likeness (QED) is 0.481. The van der Waals surface area contributed by atoms with Crippen LogP contribution in [0.15, 0.2) is 87.4 Å². The second-order valence-electron chi connectivity index (χ2n) is 7.27. The molecule has 0 saturated heterocycles. The van der Waals surface area contributed by atoms with Gasteiger partial charge in [-0.3, -0.25) is 23.3 Å². The lowest BCUT2D eigenvalue weighted by Crippen LogP contribution is -2.38. The molecule has 9 nitrogen and oxygen atoms in total. The lowest BCUT2D eigenvalue weighted by atomic mass is 10.2. The fourth-order valence-corrected chi connectivity index (χ4v) is 4.53. The molecule has 0 bridgehead atoms. The molecule has 0 aliphatic heterocycles. The van der Waals surface area contributed by atoms with Gasteiger partial charge in [-0.05, 0) is 5.56 Å². The Kier molecular flexibility index (Phi) is 5.54. The third kappa shape index (κ3) is 4.12. The highest BCUT2D eigenvalue weighted by atomic mass is 32.2. The molecular formula is C22H21N5O4S. The average Bonchev–Trinajstić information content (AvgIpc) is 3.22. The molecule has 2 heterocycles. The van der Waals surface area contributed by atoms with Crippen molar-refractivity contribution in [1.82, 2.24) is 18.9 Å². The topological polar surface area (TPSA) is 108 Å². The molecule has 164 valence electrons. The number of anilines is 1. The van der Waals surface area contributed by atoms with E-state index >= 15 is 0 Å². The van der Waals surface area contributed by atoms with Gasteiger partial charge in [0.05, 0.1) is 6.54 Å². The van der Waals surface area contributed by atoms with Crippen LogP contribution in [0.1, 0.15) is 5.56 Å². The first-order valence-corrected chi connectivity index (χ1v) is 11.2. The van der Waals surface area contributed by atoms with E-state index in [1.165, 1.54) is 20.3 Å². The summed E-state index contributed by atoms with van der Waals surface area (Å²) in [6.07, 6.45) is 1.44. The molecule has 0 saturated carbocycles. The maximum atomic E-state index is 13.3. The zero-order chi connectivity index (χ0) is 22.9. The van der Waals surface area contributed by atoms with Crippen LogP contribution < -0.4 is 16.0 Å². The van der Waals surface area contributed by atoms with Crippen molar-refractivity contribution < 1.29 is 8.42 Å².